The predicted molar refractivity (Wildman–Crippen MR) is 197 cm³/mol. The number of allylic oxidation sites excluding steroid dienone is 1. The molecule has 1 saturated heterocycles. The molecule has 0 unspecified atom stereocenters. The quantitative estimate of drug-likeness (QED) is 0.297. The summed E-state index contributed by atoms with van der Waals surface area (Å²) in [6.07, 6.45) is 11.0. The summed E-state index contributed by atoms with van der Waals surface area (Å²) in [5, 5.41) is -0.00644. The van der Waals surface area contributed by atoms with E-state index in [0.29, 0.717) is 37.0 Å². The van der Waals surface area contributed by atoms with Crippen LogP contribution in [0, 0.1) is 17.8 Å². The summed E-state index contributed by atoms with van der Waals surface area (Å²) in [5.74, 6) is 0.646. The summed E-state index contributed by atoms with van der Waals surface area (Å²) in [6, 6.07) is 11.6. The van der Waals surface area contributed by atoms with Crippen molar-refractivity contribution in [3.63, 3.8) is 0 Å². The van der Waals surface area contributed by atoms with Gasteiger partial charge >= 0.3 is 0 Å². The first-order valence-electron chi connectivity index (χ1n) is 18.6. The second-order valence-corrected chi connectivity index (χ2v) is 17.7. The summed E-state index contributed by atoms with van der Waals surface area (Å²) < 4.78 is 48.1. The third-order valence-electron chi connectivity index (χ3n) is 12.0. The van der Waals surface area contributed by atoms with Crippen molar-refractivity contribution in [3.8, 4) is 5.75 Å². The van der Waals surface area contributed by atoms with Crippen LogP contribution in [0.15, 0.2) is 48.6 Å². The van der Waals surface area contributed by atoms with Crippen LogP contribution in [0.25, 0.3) is 0 Å². The molecule has 6 atom stereocenters. The lowest BCUT2D eigenvalue weighted by atomic mass is 9.68. The molecule has 3 aliphatic heterocycles. The summed E-state index contributed by atoms with van der Waals surface area (Å²) in [4.78, 5) is 18.4. The number of ether oxygens (including phenoxy) is 3. The average Bonchev–Trinajstić information content (AvgIpc) is 3.24. The maximum absolute atomic E-state index is 13.5. The summed E-state index contributed by atoms with van der Waals surface area (Å²) in [7, 11) is -3.92. The van der Waals surface area contributed by atoms with Crippen molar-refractivity contribution in [1.29, 1.82) is 0 Å². The smallest absolute Gasteiger partial charge is 0.264 e. The lowest BCUT2D eigenvalue weighted by Gasteiger charge is -2.46. The Morgan fingerprint density at radius 1 is 1.10 bits per heavy atom. The van der Waals surface area contributed by atoms with Gasteiger partial charge in [-0.05, 0) is 111 Å². The number of benzene rings is 2. The second-order valence-electron chi connectivity index (χ2n) is 15.3. The third-order valence-corrected chi connectivity index (χ3v) is 14.2. The van der Waals surface area contributed by atoms with Crippen LogP contribution in [0.1, 0.15) is 73.9 Å². The van der Waals surface area contributed by atoms with E-state index in [2.05, 4.69) is 38.8 Å². The first-order valence-corrected chi connectivity index (χ1v) is 20.5. The number of morpholine rings is 1. The minimum absolute atomic E-state index is 0.0503. The number of carbonyl (C=O) groups excluding carboxylic acids is 1. The predicted octanol–water partition coefficient (Wildman–Crippen LogP) is 5.99. The SMILES string of the molecule is C[C@@H]1[C@@H](C)C/C=C/[C@H](OCCCN2CCOCC2)[C@@H]2CC[C@H]2CN2C[C@@]3(CCCc4cc(Cl)ccc43)COc3ccc(cc32)C(=O)NS1(=O)=O. The van der Waals surface area contributed by atoms with Crippen molar-refractivity contribution in [2.24, 2.45) is 17.8 Å². The average molecular weight is 726 g/mol. The maximum Gasteiger partial charge on any atom is 0.264 e. The Balaban J connectivity index is 1.21. The van der Waals surface area contributed by atoms with Gasteiger partial charge in [0, 0.05) is 55.3 Å². The molecule has 1 spiro atoms. The number of nitrogens with zero attached hydrogens (tertiary/aromatic N) is 2. The highest BCUT2D eigenvalue weighted by atomic mass is 35.5. The van der Waals surface area contributed by atoms with Gasteiger partial charge in [-0.1, -0.05) is 36.7 Å². The minimum atomic E-state index is -3.92. The number of nitrogens with one attached hydrogen (secondary N) is 1. The molecule has 1 N–H and O–H groups in total. The van der Waals surface area contributed by atoms with Crippen molar-refractivity contribution in [3.05, 3.63) is 70.3 Å². The van der Waals surface area contributed by atoms with Crippen LogP contribution in [0.4, 0.5) is 5.69 Å². The number of carbonyl (C=O) groups is 1. The fourth-order valence-corrected chi connectivity index (χ4v) is 10.1. The molecule has 9 nitrogen and oxygen atoms in total. The van der Waals surface area contributed by atoms with E-state index >= 15 is 0 Å². The Hall–Kier alpha value is -2.63. The first kappa shape index (κ1) is 35.8. The molecule has 2 aliphatic carbocycles. The van der Waals surface area contributed by atoms with E-state index in [0.717, 1.165) is 101 Å². The molecular weight excluding hydrogens is 674 g/mol. The molecule has 0 aromatic heterocycles. The van der Waals surface area contributed by atoms with Gasteiger partial charge in [-0.15, -0.1) is 0 Å². The lowest BCUT2D eigenvalue weighted by molar-refractivity contribution is -0.0203. The van der Waals surface area contributed by atoms with Gasteiger partial charge in [-0.25, -0.2) is 13.1 Å². The number of aryl methyl sites for hydroxylation is 1. The third kappa shape index (κ3) is 7.61. The zero-order valence-corrected chi connectivity index (χ0v) is 31.0. The molecule has 5 aliphatic rings. The zero-order valence-electron chi connectivity index (χ0n) is 29.4. The van der Waals surface area contributed by atoms with Gasteiger partial charge in [0.2, 0.25) is 10.0 Å². The largest absolute Gasteiger partial charge is 0.490 e. The first-order chi connectivity index (χ1) is 24.1. The highest BCUT2D eigenvalue weighted by molar-refractivity contribution is 7.90. The van der Waals surface area contributed by atoms with Crippen molar-refractivity contribution in [2.45, 2.75) is 75.6 Å². The van der Waals surface area contributed by atoms with Crippen molar-refractivity contribution in [2.75, 3.05) is 64.1 Å². The Morgan fingerprint density at radius 2 is 1.94 bits per heavy atom. The molecule has 2 bridgehead atoms. The van der Waals surface area contributed by atoms with E-state index in [-0.39, 0.29) is 17.4 Å². The lowest BCUT2D eigenvalue weighted by Crippen LogP contribution is -2.49. The van der Waals surface area contributed by atoms with Gasteiger partial charge in [0.1, 0.15) is 5.75 Å². The molecule has 1 amide bonds. The number of fused-ring (bicyclic) bond motifs is 4. The van der Waals surface area contributed by atoms with E-state index in [1.54, 1.807) is 13.0 Å². The number of sulfonamides is 1. The number of halogens is 1. The molecule has 7 rings (SSSR count). The second kappa shape index (κ2) is 15.2. The fourth-order valence-electron chi connectivity index (χ4n) is 8.65. The van der Waals surface area contributed by atoms with Crippen LogP contribution < -0.4 is 14.4 Å². The highest BCUT2D eigenvalue weighted by Crippen LogP contribution is 2.47. The van der Waals surface area contributed by atoms with Crippen LogP contribution in [0.2, 0.25) is 5.02 Å². The van der Waals surface area contributed by atoms with Gasteiger partial charge in [0.15, 0.2) is 0 Å². The number of anilines is 1. The molecule has 0 radical (unpaired) electrons. The molecule has 11 heteroatoms. The maximum atomic E-state index is 13.5. The molecule has 50 heavy (non-hydrogen) atoms. The van der Waals surface area contributed by atoms with Crippen LogP contribution in [0.5, 0.6) is 5.75 Å². The Bertz CT molecular complexity index is 1680. The number of hydrogen-bond donors (Lipinski definition) is 1. The van der Waals surface area contributed by atoms with E-state index in [1.807, 2.05) is 25.1 Å². The van der Waals surface area contributed by atoms with Crippen molar-refractivity contribution < 1.29 is 27.4 Å². The van der Waals surface area contributed by atoms with Gasteiger partial charge in [-0.3, -0.25) is 9.69 Å². The zero-order chi connectivity index (χ0) is 34.9. The summed E-state index contributed by atoms with van der Waals surface area (Å²) in [6.45, 7) is 10.8. The van der Waals surface area contributed by atoms with E-state index in [4.69, 9.17) is 25.8 Å². The van der Waals surface area contributed by atoms with Crippen molar-refractivity contribution in [1.82, 2.24) is 9.62 Å². The molecule has 2 aromatic rings. The standard InChI is InChI=1S/C39H52ClN3O6S/c1-27-6-3-8-36(48-19-5-16-42-17-20-47-21-18-42)33-12-9-31(33)24-43-25-39(15-4-7-29-22-32(40)11-13-34(29)39)26-49-37-14-10-30(23-35(37)43)38(44)41-50(45,46)28(27)2/h3,8,10-11,13-14,22-23,27-28,31,33,36H,4-7,9,12,15-21,24-26H2,1-2H3,(H,41,44)/b8-3+/t27-,28+,31-,33+,36-,39-/m0/s1. The summed E-state index contributed by atoms with van der Waals surface area (Å²) >= 11 is 6.47. The molecule has 2 aromatic carbocycles. The van der Waals surface area contributed by atoms with Crippen LogP contribution in [-0.2, 0) is 31.3 Å². The molecule has 1 saturated carbocycles. The number of rotatable bonds is 5. The van der Waals surface area contributed by atoms with Crippen LogP contribution in [0.3, 0.4) is 0 Å². The van der Waals surface area contributed by atoms with E-state index in [1.165, 1.54) is 11.1 Å². The number of hydrogen-bond acceptors (Lipinski definition) is 8. The molecular formula is C39H52ClN3O6S. The number of amides is 1. The minimum Gasteiger partial charge on any atom is -0.490 e. The molecule has 3 heterocycles. The highest BCUT2D eigenvalue weighted by Gasteiger charge is 2.44. The monoisotopic (exact) mass is 725 g/mol. The van der Waals surface area contributed by atoms with Gasteiger partial charge in [0.05, 0.1) is 36.9 Å². The Labute approximate surface area is 302 Å². The van der Waals surface area contributed by atoms with Crippen LogP contribution in [-0.4, -0.2) is 89.7 Å². The normalized spacial score (nSPS) is 32.1. The van der Waals surface area contributed by atoms with Crippen LogP contribution >= 0.6 is 11.6 Å². The van der Waals surface area contributed by atoms with E-state index < -0.39 is 21.2 Å². The Morgan fingerprint density at radius 3 is 2.74 bits per heavy atom. The molecule has 272 valence electrons. The van der Waals surface area contributed by atoms with Gasteiger partial charge in [-0.2, -0.15) is 0 Å². The summed E-state index contributed by atoms with van der Waals surface area (Å²) in [5.41, 5.74) is 3.47. The van der Waals surface area contributed by atoms with Gasteiger partial charge < -0.3 is 19.1 Å². The fraction of sp³-hybridized carbons (Fsp3) is 0.615. The molecule has 2 fully saturated rings. The van der Waals surface area contributed by atoms with E-state index in [9.17, 15) is 13.2 Å². The topological polar surface area (TPSA) is 97.4 Å². The van der Waals surface area contributed by atoms with Gasteiger partial charge in [0.25, 0.3) is 5.91 Å². The Kier molecular flexibility index (Phi) is 10.8. The van der Waals surface area contributed by atoms with Crippen molar-refractivity contribution >= 4 is 33.2 Å².